The topological polar surface area (TPSA) is 145 Å². The lowest BCUT2D eigenvalue weighted by atomic mass is 10.1. The largest absolute Gasteiger partial charge is 0.478 e. The van der Waals surface area contributed by atoms with E-state index < -0.39 is 23.6 Å². The highest BCUT2D eigenvalue weighted by molar-refractivity contribution is 6.46. The fourth-order valence-electron chi connectivity index (χ4n) is 2.35. The van der Waals surface area contributed by atoms with Crippen molar-refractivity contribution in [1.29, 1.82) is 0 Å². The quantitative estimate of drug-likeness (QED) is 0.577. The number of benzene rings is 2. The molecule has 140 valence electrons. The number of ketones is 1. The molecule has 0 unspecified atom stereocenters. The van der Waals surface area contributed by atoms with Crippen LogP contribution in [0.2, 0.25) is 0 Å². The minimum absolute atomic E-state index is 0.0648. The molecule has 9 nitrogen and oxygen atoms in total. The number of carbonyl (C=O) groups is 4. The number of carboxylic acid groups (broad SMARTS) is 2. The molecule has 0 spiro atoms. The van der Waals surface area contributed by atoms with E-state index in [1.165, 1.54) is 48.5 Å². The molecule has 1 amide bonds. The number of amides is 1. The second-order valence-corrected chi connectivity index (χ2v) is 5.70. The minimum atomic E-state index is -1.07. The lowest BCUT2D eigenvalue weighted by Gasteiger charge is -2.17. The highest BCUT2D eigenvalue weighted by Crippen LogP contribution is 2.17. The molecule has 28 heavy (non-hydrogen) atoms. The Bertz CT molecular complexity index is 951. The number of rotatable bonds is 5. The van der Waals surface area contributed by atoms with Crippen LogP contribution in [0.5, 0.6) is 0 Å². The van der Waals surface area contributed by atoms with E-state index in [0.29, 0.717) is 11.4 Å². The summed E-state index contributed by atoms with van der Waals surface area (Å²) in [5, 5.41) is 23.6. The third kappa shape index (κ3) is 4.10. The third-order valence-corrected chi connectivity index (χ3v) is 3.76. The first-order valence-corrected chi connectivity index (χ1v) is 7.93. The number of hydrogen-bond acceptors (Lipinski definition) is 6. The highest BCUT2D eigenvalue weighted by atomic mass is 16.4. The van der Waals surface area contributed by atoms with Crippen molar-refractivity contribution in [2.45, 2.75) is 0 Å². The molecule has 3 rings (SSSR count). The fourth-order valence-corrected chi connectivity index (χ4v) is 2.35. The van der Waals surface area contributed by atoms with E-state index >= 15 is 0 Å². The van der Waals surface area contributed by atoms with Crippen LogP contribution in [0.3, 0.4) is 0 Å². The summed E-state index contributed by atoms with van der Waals surface area (Å²) in [5.41, 5.74) is 1.33. The number of dihydropyridines is 1. The van der Waals surface area contributed by atoms with E-state index in [1.807, 2.05) is 0 Å². The molecule has 1 aliphatic rings. The van der Waals surface area contributed by atoms with Gasteiger partial charge in [0.1, 0.15) is 0 Å². The van der Waals surface area contributed by atoms with Crippen molar-refractivity contribution in [1.82, 2.24) is 0 Å². The Morgan fingerprint density at radius 1 is 0.750 bits per heavy atom. The summed E-state index contributed by atoms with van der Waals surface area (Å²) in [4.78, 5) is 48.9. The van der Waals surface area contributed by atoms with Crippen LogP contribution in [0.25, 0.3) is 0 Å². The van der Waals surface area contributed by atoms with E-state index in [2.05, 4.69) is 15.6 Å². The van der Waals surface area contributed by atoms with Gasteiger partial charge in [0.05, 0.1) is 16.8 Å². The predicted octanol–water partition coefficient (Wildman–Crippen LogP) is 2.00. The first-order valence-electron chi connectivity index (χ1n) is 7.93. The van der Waals surface area contributed by atoms with Crippen molar-refractivity contribution in [3.8, 4) is 0 Å². The number of nitrogens with zero attached hydrogens (tertiary/aromatic N) is 1. The molecule has 1 heterocycles. The molecule has 0 fully saturated rings. The van der Waals surface area contributed by atoms with Gasteiger partial charge >= 0.3 is 17.8 Å². The van der Waals surface area contributed by atoms with E-state index in [4.69, 9.17) is 10.2 Å². The van der Waals surface area contributed by atoms with E-state index in [0.717, 1.165) is 6.08 Å². The van der Waals surface area contributed by atoms with Gasteiger partial charge in [0.2, 0.25) is 5.78 Å². The van der Waals surface area contributed by atoms with E-state index in [1.54, 1.807) is 0 Å². The second-order valence-electron chi connectivity index (χ2n) is 5.70. The van der Waals surface area contributed by atoms with Gasteiger partial charge in [-0.2, -0.15) is 4.99 Å². The zero-order chi connectivity index (χ0) is 20.3. The van der Waals surface area contributed by atoms with Gasteiger partial charge in [0, 0.05) is 17.5 Å². The van der Waals surface area contributed by atoms with Gasteiger partial charge in [-0.15, -0.1) is 0 Å². The maximum atomic E-state index is 11.7. The molecule has 0 radical (unpaired) electrons. The van der Waals surface area contributed by atoms with Crippen LogP contribution in [-0.2, 0) is 9.59 Å². The number of aromatic carboxylic acids is 2. The Kier molecular flexibility index (Phi) is 4.99. The molecular formula is C19H13N3O6. The molecule has 9 heteroatoms. The van der Waals surface area contributed by atoms with Crippen LogP contribution in [0.1, 0.15) is 20.7 Å². The summed E-state index contributed by atoms with van der Waals surface area (Å²) in [6.07, 6.45) is 1.08. The zero-order valence-electron chi connectivity index (χ0n) is 14.2. The first kappa shape index (κ1) is 18.5. The second kappa shape index (κ2) is 7.54. The average molecular weight is 379 g/mol. The van der Waals surface area contributed by atoms with Crippen molar-refractivity contribution in [2.24, 2.45) is 4.99 Å². The summed E-state index contributed by atoms with van der Waals surface area (Å²) >= 11 is 0. The van der Waals surface area contributed by atoms with Crippen LogP contribution in [0.15, 0.2) is 65.3 Å². The predicted molar refractivity (Wildman–Crippen MR) is 99.6 cm³/mol. The average Bonchev–Trinajstić information content (AvgIpc) is 2.66. The van der Waals surface area contributed by atoms with Crippen molar-refractivity contribution < 1.29 is 29.4 Å². The normalized spacial score (nSPS) is 13.4. The molecule has 0 saturated carbocycles. The maximum absolute atomic E-state index is 11.7. The van der Waals surface area contributed by atoms with Crippen LogP contribution < -0.4 is 10.6 Å². The Hall–Kier alpha value is -4.27. The Morgan fingerprint density at radius 2 is 1.21 bits per heavy atom. The fraction of sp³-hybridized carbons (Fsp3) is 0. The molecule has 0 bridgehead atoms. The van der Waals surface area contributed by atoms with Crippen molar-refractivity contribution in [2.75, 3.05) is 10.6 Å². The van der Waals surface area contributed by atoms with Gasteiger partial charge < -0.3 is 20.8 Å². The minimum Gasteiger partial charge on any atom is -0.478 e. The zero-order valence-corrected chi connectivity index (χ0v) is 14.2. The monoisotopic (exact) mass is 379 g/mol. The summed E-state index contributed by atoms with van der Waals surface area (Å²) in [7, 11) is 0. The molecular weight excluding hydrogens is 366 g/mol. The summed E-state index contributed by atoms with van der Waals surface area (Å²) in [6, 6.07) is 11.5. The van der Waals surface area contributed by atoms with Crippen molar-refractivity contribution >= 4 is 40.8 Å². The van der Waals surface area contributed by atoms with Gasteiger partial charge in [-0.1, -0.05) is 0 Å². The van der Waals surface area contributed by atoms with Gasteiger partial charge in [-0.05, 0) is 48.5 Å². The molecule has 0 aromatic heterocycles. The van der Waals surface area contributed by atoms with E-state index in [-0.39, 0.29) is 22.7 Å². The SMILES string of the molecule is O=C1C=C(Nc2ccc(C(=O)O)cc2)C(Nc2ccc(C(=O)O)cc2)=NC1=O. The van der Waals surface area contributed by atoms with Gasteiger partial charge in [0.15, 0.2) is 5.84 Å². The number of carbonyl (C=O) groups excluding carboxylic acids is 2. The Balaban J connectivity index is 1.83. The molecule has 2 aromatic rings. The Morgan fingerprint density at radius 3 is 1.68 bits per heavy atom. The maximum Gasteiger partial charge on any atom is 0.335 e. The number of nitrogens with one attached hydrogen (secondary N) is 2. The van der Waals surface area contributed by atoms with Crippen LogP contribution >= 0.6 is 0 Å². The molecule has 0 atom stereocenters. The van der Waals surface area contributed by atoms with Crippen LogP contribution in [0, 0.1) is 0 Å². The lowest BCUT2D eigenvalue weighted by molar-refractivity contribution is -0.133. The molecule has 1 aliphatic heterocycles. The van der Waals surface area contributed by atoms with Crippen LogP contribution in [0.4, 0.5) is 11.4 Å². The molecule has 0 aliphatic carbocycles. The molecule has 2 aromatic carbocycles. The smallest absolute Gasteiger partial charge is 0.335 e. The summed E-state index contributed by atoms with van der Waals surface area (Å²) < 4.78 is 0. The molecule has 4 N–H and O–H groups in total. The standard InChI is InChI=1S/C19H13N3O6/c23-15-9-14(20-12-5-1-10(2-6-12)18(25)26)16(22-17(15)24)21-13-7-3-11(4-8-13)19(27)28/h1-9,20H,(H,25,26)(H,27,28)(H,21,22,24). The number of anilines is 2. The number of aliphatic imine (C=N–C) groups is 1. The van der Waals surface area contributed by atoms with Gasteiger partial charge in [0.25, 0.3) is 0 Å². The van der Waals surface area contributed by atoms with Gasteiger partial charge in [-0.3, -0.25) is 9.59 Å². The Labute approximate surface area is 158 Å². The highest BCUT2D eigenvalue weighted by Gasteiger charge is 2.22. The summed E-state index contributed by atoms with van der Waals surface area (Å²) in [5.74, 6) is -3.84. The number of hydrogen-bond donors (Lipinski definition) is 4. The van der Waals surface area contributed by atoms with Crippen molar-refractivity contribution in [3.63, 3.8) is 0 Å². The number of amidine groups is 1. The molecule has 0 saturated heterocycles. The number of carboxylic acids is 2. The van der Waals surface area contributed by atoms with Gasteiger partial charge in [-0.25, -0.2) is 9.59 Å². The lowest BCUT2D eigenvalue weighted by Crippen LogP contribution is -2.29. The summed E-state index contributed by atoms with van der Waals surface area (Å²) in [6.45, 7) is 0. The van der Waals surface area contributed by atoms with Crippen LogP contribution in [-0.4, -0.2) is 39.7 Å². The first-order chi connectivity index (χ1) is 13.3. The van der Waals surface area contributed by atoms with Crippen molar-refractivity contribution in [3.05, 3.63) is 71.4 Å². The van der Waals surface area contributed by atoms with E-state index in [9.17, 15) is 19.2 Å². The third-order valence-electron chi connectivity index (χ3n) is 3.76.